The second kappa shape index (κ2) is 12.0. The second-order valence-electron chi connectivity index (χ2n) is 14.9. The van der Waals surface area contributed by atoms with E-state index in [4.69, 9.17) is 0 Å². The van der Waals surface area contributed by atoms with E-state index in [1.165, 1.54) is 44.5 Å². The van der Waals surface area contributed by atoms with Crippen molar-refractivity contribution in [3.63, 3.8) is 0 Å². The molecule has 0 spiro atoms. The number of rotatable bonds is 7. The fraction of sp³-hybridized carbons (Fsp3) is 0.120. The van der Waals surface area contributed by atoms with E-state index in [0.717, 1.165) is 47.6 Å². The number of fused-ring (bicyclic) bond motifs is 8. The maximum Gasteiger partial charge on any atom is 0.127 e. The molecule has 2 aliphatic carbocycles. The average Bonchev–Trinajstić information content (AvgIpc) is 3.65. The summed E-state index contributed by atoms with van der Waals surface area (Å²) in [6, 6.07) is 52.8. The Morgan fingerprint density at radius 1 is 0.333 bits per heavy atom. The van der Waals surface area contributed by atoms with Crippen molar-refractivity contribution in [2.24, 2.45) is 0 Å². The summed E-state index contributed by atoms with van der Waals surface area (Å²) in [7, 11) is 0. The van der Waals surface area contributed by atoms with Crippen LogP contribution in [0.15, 0.2) is 158 Å². The third-order valence-corrected chi connectivity index (χ3v) is 12.4. The Morgan fingerprint density at radius 3 is 1.02 bits per heavy atom. The van der Waals surface area contributed by atoms with Crippen molar-refractivity contribution in [3.05, 3.63) is 191 Å². The molecule has 0 saturated carbocycles. The Kier molecular flexibility index (Phi) is 7.15. The van der Waals surface area contributed by atoms with Gasteiger partial charge in [-0.3, -0.25) is 0 Å². The smallest absolute Gasteiger partial charge is 0.127 e. The minimum Gasteiger partial charge on any atom is -0.508 e. The number of hydrogen-bond donors (Lipinski definition) is 4. The van der Waals surface area contributed by atoms with Gasteiger partial charge in [-0.05, 0) is 105 Å². The van der Waals surface area contributed by atoms with E-state index in [1.807, 2.05) is 24.3 Å². The van der Waals surface area contributed by atoms with E-state index in [9.17, 15) is 20.4 Å². The van der Waals surface area contributed by atoms with E-state index < -0.39 is 10.8 Å². The first-order chi connectivity index (χ1) is 26.4. The molecule has 0 heterocycles. The van der Waals surface area contributed by atoms with Crippen LogP contribution in [0.2, 0.25) is 0 Å². The van der Waals surface area contributed by atoms with Gasteiger partial charge in [0.15, 0.2) is 0 Å². The van der Waals surface area contributed by atoms with Crippen molar-refractivity contribution in [2.75, 3.05) is 0 Å². The quantitative estimate of drug-likeness (QED) is 0.125. The number of hydrogen-bond acceptors (Lipinski definition) is 4. The number of aromatic hydroxyl groups is 4. The van der Waals surface area contributed by atoms with Crippen molar-refractivity contribution < 1.29 is 20.4 Å². The van der Waals surface area contributed by atoms with Crippen molar-refractivity contribution in [2.45, 2.75) is 36.5 Å². The minimum atomic E-state index is -0.616. The summed E-state index contributed by atoms with van der Waals surface area (Å²) in [6.07, 6.45) is 3.18. The van der Waals surface area contributed by atoms with Gasteiger partial charge in [0.1, 0.15) is 23.0 Å². The van der Waals surface area contributed by atoms with Gasteiger partial charge in [-0.25, -0.2) is 0 Å². The average molecular weight is 703 g/mol. The van der Waals surface area contributed by atoms with Crippen LogP contribution in [0.4, 0.5) is 0 Å². The van der Waals surface area contributed by atoms with Gasteiger partial charge in [-0.1, -0.05) is 134 Å². The lowest BCUT2D eigenvalue weighted by Crippen LogP contribution is -2.29. The van der Waals surface area contributed by atoms with Gasteiger partial charge in [0.2, 0.25) is 0 Å². The topological polar surface area (TPSA) is 80.9 Å². The normalized spacial score (nSPS) is 14.4. The molecule has 4 N–H and O–H groups in total. The van der Waals surface area contributed by atoms with E-state index in [0.29, 0.717) is 10.8 Å². The summed E-state index contributed by atoms with van der Waals surface area (Å²) in [5.41, 5.74) is 9.94. The first-order valence-corrected chi connectivity index (χ1v) is 18.7. The zero-order chi connectivity index (χ0) is 36.6. The molecule has 4 nitrogen and oxygen atoms in total. The molecule has 0 atom stereocenters. The lowest BCUT2D eigenvalue weighted by Gasteiger charge is -2.36. The maximum atomic E-state index is 12.2. The molecule has 8 aromatic carbocycles. The van der Waals surface area contributed by atoms with E-state index in [-0.39, 0.29) is 23.0 Å². The van der Waals surface area contributed by atoms with Crippen LogP contribution in [0.5, 0.6) is 23.0 Å². The molecule has 0 bridgehead atoms. The summed E-state index contributed by atoms with van der Waals surface area (Å²) in [6.45, 7) is 0. The van der Waals surface area contributed by atoms with E-state index in [1.54, 1.807) is 36.4 Å². The standard InChI is InChI=1S/C50H38O4/c51-33-21-23-35-31(29-33)19-25-45(47(35)53)49(41-15-5-1-11-37(41)38-12-2-6-16-42(38)49)27-9-10-28-50(46-26-20-32-30-34(52)22-24-36(32)48(46)54)43-17-7-3-13-39(43)40-14-4-8-18-44(40)50/h1-8,11-26,29-30,51-54H,9-10,27-28H2. The predicted molar refractivity (Wildman–Crippen MR) is 217 cm³/mol. The fourth-order valence-electron chi connectivity index (χ4n) is 10.1. The maximum absolute atomic E-state index is 12.2. The van der Waals surface area contributed by atoms with Crippen LogP contribution in [0.3, 0.4) is 0 Å². The van der Waals surface area contributed by atoms with Gasteiger partial charge in [-0.15, -0.1) is 0 Å². The summed E-state index contributed by atoms with van der Waals surface area (Å²) in [5, 5.41) is 47.8. The highest BCUT2D eigenvalue weighted by Crippen LogP contribution is 2.60. The summed E-state index contributed by atoms with van der Waals surface area (Å²) in [5.74, 6) is 0.809. The van der Waals surface area contributed by atoms with Crippen LogP contribution in [0, 0.1) is 0 Å². The first-order valence-electron chi connectivity index (χ1n) is 18.7. The fourth-order valence-corrected chi connectivity index (χ4v) is 10.1. The Bertz CT molecular complexity index is 2510. The van der Waals surface area contributed by atoms with Crippen molar-refractivity contribution >= 4 is 21.5 Å². The summed E-state index contributed by atoms with van der Waals surface area (Å²) >= 11 is 0. The summed E-state index contributed by atoms with van der Waals surface area (Å²) < 4.78 is 0. The van der Waals surface area contributed by atoms with Gasteiger partial charge in [0.25, 0.3) is 0 Å². The highest BCUT2D eigenvalue weighted by atomic mass is 16.3. The zero-order valence-corrected chi connectivity index (χ0v) is 29.6. The minimum absolute atomic E-state index is 0.167. The summed E-state index contributed by atoms with van der Waals surface area (Å²) in [4.78, 5) is 0. The third kappa shape index (κ3) is 4.43. The largest absolute Gasteiger partial charge is 0.508 e. The van der Waals surface area contributed by atoms with Crippen LogP contribution in [0.25, 0.3) is 43.8 Å². The van der Waals surface area contributed by atoms with Crippen molar-refractivity contribution in [1.82, 2.24) is 0 Å². The van der Waals surface area contributed by atoms with Gasteiger partial charge < -0.3 is 20.4 Å². The van der Waals surface area contributed by atoms with Gasteiger partial charge >= 0.3 is 0 Å². The van der Waals surface area contributed by atoms with E-state index in [2.05, 4.69) is 97.1 Å². The second-order valence-corrected chi connectivity index (χ2v) is 14.9. The molecule has 0 amide bonds. The Hall–Kier alpha value is -6.52. The molecule has 10 rings (SSSR count). The molecule has 0 aromatic heterocycles. The van der Waals surface area contributed by atoms with Crippen LogP contribution in [-0.2, 0) is 10.8 Å². The van der Waals surface area contributed by atoms with Crippen molar-refractivity contribution in [3.8, 4) is 45.3 Å². The third-order valence-electron chi connectivity index (χ3n) is 12.4. The number of unbranched alkanes of at least 4 members (excludes halogenated alkanes) is 1. The molecule has 0 saturated heterocycles. The number of phenolic OH excluding ortho intramolecular Hbond substituents is 4. The lowest BCUT2D eigenvalue weighted by molar-refractivity contribution is 0.427. The Balaban J connectivity index is 1.12. The lowest BCUT2D eigenvalue weighted by atomic mass is 9.66. The van der Waals surface area contributed by atoms with Crippen LogP contribution in [0.1, 0.15) is 59.1 Å². The molecule has 8 aromatic rings. The van der Waals surface area contributed by atoms with Crippen molar-refractivity contribution in [1.29, 1.82) is 0 Å². The Morgan fingerprint density at radius 2 is 0.667 bits per heavy atom. The Labute approximate surface area is 313 Å². The van der Waals surface area contributed by atoms with Gasteiger partial charge in [-0.2, -0.15) is 0 Å². The molecule has 4 heteroatoms. The molecule has 0 fully saturated rings. The van der Waals surface area contributed by atoms with Crippen LogP contribution in [-0.4, -0.2) is 20.4 Å². The SMILES string of the molecule is Oc1ccc2c(O)c(C3(CCCCC4(c5ccc6cc(O)ccc6c5O)c5ccccc5-c5ccccc54)c4ccccc4-c4ccccc43)ccc2c1. The predicted octanol–water partition coefficient (Wildman–Crippen LogP) is 11.7. The van der Waals surface area contributed by atoms with E-state index >= 15 is 0 Å². The molecule has 54 heavy (non-hydrogen) atoms. The number of phenols is 4. The molecule has 0 unspecified atom stereocenters. The molecule has 262 valence electrons. The zero-order valence-electron chi connectivity index (χ0n) is 29.6. The molecule has 0 aliphatic heterocycles. The molecular weight excluding hydrogens is 665 g/mol. The first kappa shape index (κ1) is 32.2. The van der Waals surface area contributed by atoms with Crippen LogP contribution >= 0.6 is 0 Å². The number of benzene rings is 8. The molecule has 2 aliphatic rings. The molecular formula is C50H38O4. The highest BCUT2D eigenvalue weighted by molar-refractivity contribution is 5.94. The van der Waals surface area contributed by atoms with Gasteiger partial charge in [0, 0.05) is 32.7 Å². The van der Waals surface area contributed by atoms with Gasteiger partial charge in [0.05, 0.1) is 0 Å². The van der Waals surface area contributed by atoms with Crippen LogP contribution < -0.4 is 0 Å². The highest BCUT2D eigenvalue weighted by Gasteiger charge is 2.48. The molecule has 0 radical (unpaired) electrons. The monoisotopic (exact) mass is 702 g/mol.